The van der Waals surface area contributed by atoms with Crippen LogP contribution in [-0.2, 0) is 6.18 Å². The normalized spacial score (nSPS) is 17.9. The van der Waals surface area contributed by atoms with Crippen molar-refractivity contribution in [1.29, 1.82) is 0 Å². The lowest BCUT2D eigenvalue weighted by Gasteiger charge is -2.36. The van der Waals surface area contributed by atoms with Crippen LogP contribution in [0, 0.1) is 0 Å². The van der Waals surface area contributed by atoms with E-state index in [2.05, 4.69) is 4.99 Å². The Morgan fingerprint density at radius 1 is 0.844 bits per heavy atom. The molecule has 0 saturated carbocycles. The highest BCUT2D eigenvalue weighted by Gasteiger charge is 2.33. The molecule has 0 spiro atoms. The van der Waals surface area contributed by atoms with Crippen LogP contribution in [0.4, 0.5) is 26.3 Å². The van der Waals surface area contributed by atoms with Gasteiger partial charge in [0.2, 0.25) is 0 Å². The number of fused-ring (bicyclic) bond motifs is 1. The number of amidine groups is 1. The van der Waals surface area contributed by atoms with Crippen LogP contribution in [0.5, 0.6) is 5.75 Å². The van der Waals surface area contributed by atoms with Crippen LogP contribution in [0.2, 0.25) is 0 Å². The topological polar surface area (TPSA) is 28.1 Å². The Morgan fingerprint density at radius 3 is 2.12 bits per heavy atom. The average Bonchev–Trinajstić information content (AvgIpc) is 2.95. The smallest absolute Gasteiger partial charge is 0.416 e. The molecule has 1 saturated heterocycles. The summed E-state index contributed by atoms with van der Waals surface area (Å²) in [5.74, 6) is 1.23. The molecule has 0 atom stereocenters. The van der Waals surface area contributed by atoms with Crippen molar-refractivity contribution in [2.75, 3.05) is 45.9 Å². The van der Waals surface area contributed by atoms with Crippen molar-refractivity contribution >= 4 is 5.84 Å². The first kappa shape index (κ1) is 22.4. The second-order valence-corrected chi connectivity index (χ2v) is 7.72. The maximum atomic E-state index is 12.9. The summed E-state index contributed by atoms with van der Waals surface area (Å²) in [6.45, 7) is 1.12. The fourth-order valence-corrected chi connectivity index (χ4v) is 3.90. The van der Waals surface area contributed by atoms with E-state index in [4.69, 9.17) is 4.74 Å². The molecule has 2 aliphatic heterocycles. The monoisotopic (exact) mass is 457 g/mol. The Bertz CT molecular complexity index is 977. The minimum absolute atomic E-state index is 0.257. The number of nitrogens with zero attached hydrogens (tertiary/aromatic N) is 3. The second-order valence-electron chi connectivity index (χ2n) is 7.72. The Kier molecular flexibility index (Phi) is 6.07. The quantitative estimate of drug-likeness (QED) is 0.613. The zero-order chi connectivity index (χ0) is 22.9. The molecule has 0 N–H and O–H groups in total. The van der Waals surface area contributed by atoms with Crippen molar-refractivity contribution < 1.29 is 31.1 Å². The van der Waals surface area contributed by atoms with Gasteiger partial charge in [0.05, 0.1) is 24.2 Å². The molecule has 2 aromatic carbocycles. The molecule has 1 fully saturated rings. The van der Waals surface area contributed by atoms with Gasteiger partial charge >= 0.3 is 12.4 Å². The second kappa shape index (κ2) is 8.65. The molecule has 0 unspecified atom stereocenters. The number of benzene rings is 2. The van der Waals surface area contributed by atoms with Gasteiger partial charge in [-0.05, 0) is 35.4 Å². The van der Waals surface area contributed by atoms with E-state index < -0.39 is 24.5 Å². The Morgan fingerprint density at radius 2 is 1.50 bits per heavy atom. The van der Waals surface area contributed by atoms with Gasteiger partial charge in [0.15, 0.2) is 0 Å². The van der Waals surface area contributed by atoms with Crippen molar-refractivity contribution in [1.82, 2.24) is 9.80 Å². The van der Waals surface area contributed by atoms with Crippen LogP contribution in [0.3, 0.4) is 0 Å². The number of rotatable bonds is 2. The van der Waals surface area contributed by atoms with Crippen LogP contribution in [0.25, 0.3) is 11.1 Å². The van der Waals surface area contributed by atoms with Gasteiger partial charge in [-0.15, -0.1) is 0 Å². The van der Waals surface area contributed by atoms with Crippen molar-refractivity contribution in [3.8, 4) is 16.9 Å². The molecule has 0 aromatic heterocycles. The maximum Gasteiger partial charge on any atom is 0.416 e. The highest BCUT2D eigenvalue weighted by atomic mass is 19.4. The SMILES string of the molecule is FC(F)(F)CN1CCN(C2=NCCOc3ccc(-c4ccc(C(F)(F)F)cc4)cc32)CC1. The summed E-state index contributed by atoms with van der Waals surface area (Å²) in [6.07, 6.45) is -8.65. The van der Waals surface area contributed by atoms with E-state index in [1.807, 2.05) is 11.0 Å². The lowest BCUT2D eigenvalue weighted by Crippen LogP contribution is -2.51. The Labute approximate surface area is 181 Å². The number of ether oxygens (including phenoxy) is 1. The average molecular weight is 457 g/mol. The van der Waals surface area contributed by atoms with Crippen LogP contribution in [0.1, 0.15) is 11.1 Å². The maximum absolute atomic E-state index is 12.9. The lowest BCUT2D eigenvalue weighted by molar-refractivity contribution is -0.148. The fourth-order valence-electron chi connectivity index (χ4n) is 3.90. The van der Waals surface area contributed by atoms with Crippen molar-refractivity contribution in [2.45, 2.75) is 12.4 Å². The summed E-state index contributed by atoms with van der Waals surface area (Å²) in [4.78, 5) is 7.90. The van der Waals surface area contributed by atoms with Gasteiger partial charge in [0, 0.05) is 26.2 Å². The summed E-state index contributed by atoms with van der Waals surface area (Å²) in [6, 6.07) is 10.2. The molecule has 2 heterocycles. The first-order valence-corrected chi connectivity index (χ1v) is 10.1. The van der Waals surface area contributed by atoms with Crippen LogP contribution >= 0.6 is 0 Å². The number of hydrogen-bond donors (Lipinski definition) is 0. The lowest BCUT2D eigenvalue weighted by atomic mass is 10.00. The van der Waals surface area contributed by atoms with E-state index in [1.54, 1.807) is 12.1 Å². The van der Waals surface area contributed by atoms with E-state index in [1.165, 1.54) is 17.0 Å². The van der Waals surface area contributed by atoms with Gasteiger partial charge < -0.3 is 9.64 Å². The summed E-state index contributed by atoms with van der Waals surface area (Å²) < 4.78 is 82.4. The van der Waals surface area contributed by atoms with Crippen molar-refractivity contribution in [3.63, 3.8) is 0 Å². The first-order valence-electron chi connectivity index (χ1n) is 10.1. The third-order valence-corrected chi connectivity index (χ3v) is 5.45. The highest BCUT2D eigenvalue weighted by molar-refractivity contribution is 6.02. The molecular weight excluding hydrogens is 436 g/mol. The number of halogens is 6. The third kappa shape index (κ3) is 5.17. The largest absolute Gasteiger partial charge is 0.491 e. The predicted molar refractivity (Wildman–Crippen MR) is 108 cm³/mol. The third-order valence-electron chi connectivity index (χ3n) is 5.45. The van der Waals surface area contributed by atoms with Crippen LogP contribution in [0.15, 0.2) is 47.5 Å². The van der Waals surface area contributed by atoms with Gasteiger partial charge in [-0.25, -0.2) is 0 Å². The van der Waals surface area contributed by atoms with Gasteiger partial charge in [-0.2, -0.15) is 26.3 Å². The number of aliphatic imine (C=N–C) groups is 1. The summed E-state index contributed by atoms with van der Waals surface area (Å²) in [5, 5.41) is 0. The van der Waals surface area contributed by atoms with Crippen molar-refractivity contribution in [2.24, 2.45) is 4.99 Å². The summed E-state index contributed by atoms with van der Waals surface area (Å²) in [5.41, 5.74) is 1.27. The fraction of sp³-hybridized carbons (Fsp3) is 0.409. The molecule has 0 amide bonds. The van der Waals surface area contributed by atoms with E-state index in [-0.39, 0.29) is 13.1 Å². The first-order chi connectivity index (χ1) is 15.1. The minimum Gasteiger partial charge on any atom is -0.491 e. The summed E-state index contributed by atoms with van der Waals surface area (Å²) >= 11 is 0. The van der Waals surface area contributed by atoms with E-state index in [0.29, 0.717) is 54.5 Å². The van der Waals surface area contributed by atoms with E-state index in [9.17, 15) is 26.3 Å². The molecule has 32 heavy (non-hydrogen) atoms. The zero-order valence-corrected chi connectivity index (χ0v) is 17.0. The molecule has 4 rings (SSSR count). The zero-order valence-electron chi connectivity index (χ0n) is 17.0. The molecule has 2 aliphatic rings. The Balaban J connectivity index is 1.57. The number of alkyl halides is 6. The molecule has 0 radical (unpaired) electrons. The van der Waals surface area contributed by atoms with Gasteiger partial charge in [-0.1, -0.05) is 18.2 Å². The summed E-state index contributed by atoms with van der Waals surface area (Å²) in [7, 11) is 0. The molecule has 0 aliphatic carbocycles. The van der Waals surface area contributed by atoms with Crippen LogP contribution in [-0.4, -0.2) is 67.7 Å². The molecule has 2 aromatic rings. The van der Waals surface area contributed by atoms with E-state index in [0.717, 1.165) is 12.1 Å². The number of piperazine rings is 1. The predicted octanol–water partition coefficient (Wildman–Crippen LogP) is 4.69. The molecule has 0 bridgehead atoms. The van der Waals surface area contributed by atoms with Crippen molar-refractivity contribution in [3.05, 3.63) is 53.6 Å². The van der Waals surface area contributed by atoms with Gasteiger partial charge in [-0.3, -0.25) is 9.89 Å². The minimum atomic E-state index is -4.41. The molecule has 4 nitrogen and oxygen atoms in total. The Hall–Kier alpha value is -2.75. The molecular formula is C22H21F6N3O. The van der Waals surface area contributed by atoms with Gasteiger partial charge in [0.1, 0.15) is 18.2 Å². The standard InChI is InChI=1S/C22H21F6N3O/c23-21(24,25)14-30-8-10-31(11-9-30)20-18-13-16(3-6-19(18)32-12-7-29-20)15-1-4-17(5-2-15)22(26,27)28/h1-6,13H,7-12,14H2. The van der Waals surface area contributed by atoms with E-state index >= 15 is 0 Å². The molecule has 10 heteroatoms. The van der Waals surface area contributed by atoms with Crippen LogP contribution < -0.4 is 4.74 Å². The highest BCUT2D eigenvalue weighted by Crippen LogP contribution is 2.33. The number of hydrogen-bond acceptors (Lipinski definition) is 4. The molecule has 172 valence electrons. The van der Waals surface area contributed by atoms with Gasteiger partial charge in [0.25, 0.3) is 0 Å².